The summed E-state index contributed by atoms with van der Waals surface area (Å²) in [7, 11) is 3.21. The Kier molecular flexibility index (Phi) is 5.48. The quantitative estimate of drug-likeness (QED) is 0.907. The van der Waals surface area contributed by atoms with Crippen molar-refractivity contribution in [1.29, 1.82) is 0 Å². The Labute approximate surface area is 126 Å². The molecule has 1 amide bonds. The standard InChI is InChI=1S/C17H25NO3/c1-12-5-4-6-14(9-12)18-17(19)11-13-7-8-15(20-2)16(10-13)21-3/h7-8,10,12,14H,4-6,9,11H2,1-3H3,(H,18,19). The van der Waals surface area contributed by atoms with Crippen molar-refractivity contribution in [3.63, 3.8) is 0 Å². The number of nitrogens with one attached hydrogen (secondary N) is 1. The topological polar surface area (TPSA) is 47.6 Å². The first-order valence-electron chi connectivity index (χ1n) is 7.62. The van der Waals surface area contributed by atoms with Crippen LogP contribution in [0.1, 0.15) is 38.2 Å². The molecule has 1 aliphatic carbocycles. The van der Waals surface area contributed by atoms with Gasteiger partial charge < -0.3 is 14.8 Å². The fraction of sp³-hybridized carbons (Fsp3) is 0.588. The summed E-state index contributed by atoms with van der Waals surface area (Å²) in [6.45, 7) is 2.26. The highest BCUT2D eigenvalue weighted by atomic mass is 16.5. The van der Waals surface area contributed by atoms with E-state index < -0.39 is 0 Å². The summed E-state index contributed by atoms with van der Waals surface area (Å²) in [6, 6.07) is 5.94. The van der Waals surface area contributed by atoms with Crippen molar-refractivity contribution in [1.82, 2.24) is 5.32 Å². The van der Waals surface area contributed by atoms with E-state index >= 15 is 0 Å². The normalized spacial score (nSPS) is 21.7. The average Bonchev–Trinajstić information content (AvgIpc) is 2.47. The van der Waals surface area contributed by atoms with Gasteiger partial charge in [-0.2, -0.15) is 0 Å². The molecule has 1 saturated carbocycles. The first-order valence-corrected chi connectivity index (χ1v) is 7.62. The van der Waals surface area contributed by atoms with Crippen LogP contribution in [0.15, 0.2) is 18.2 Å². The van der Waals surface area contributed by atoms with Gasteiger partial charge in [0.1, 0.15) is 0 Å². The monoisotopic (exact) mass is 291 g/mol. The van der Waals surface area contributed by atoms with Crippen LogP contribution in [-0.2, 0) is 11.2 Å². The molecule has 1 aromatic rings. The van der Waals surface area contributed by atoms with Gasteiger partial charge in [-0.15, -0.1) is 0 Å². The molecule has 0 saturated heterocycles. The van der Waals surface area contributed by atoms with Gasteiger partial charge in [-0.05, 0) is 36.5 Å². The summed E-state index contributed by atoms with van der Waals surface area (Å²) in [4.78, 5) is 12.2. The van der Waals surface area contributed by atoms with E-state index in [9.17, 15) is 4.79 Å². The van der Waals surface area contributed by atoms with E-state index in [2.05, 4.69) is 12.2 Å². The van der Waals surface area contributed by atoms with Gasteiger partial charge in [-0.25, -0.2) is 0 Å². The molecule has 2 rings (SSSR count). The SMILES string of the molecule is COc1ccc(CC(=O)NC2CCCC(C)C2)cc1OC. The minimum atomic E-state index is 0.0846. The lowest BCUT2D eigenvalue weighted by Crippen LogP contribution is -2.38. The average molecular weight is 291 g/mol. The molecule has 0 aliphatic heterocycles. The van der Waals surface area contributed by atoms with Gasteiger partial charge in [-0.1, -0.05) is 25.8 Å². The Morgan fingerprint density at radius 1 is 1.24 bits per heavy atom. The number of hydrogen-bond acceptors (Lipinski definition) is 3. The second kappa shape index (κ2) is 7.34. The van der Waals surface area contributed by atoms with Gasteiger partial charge in [0.25, 0.3) is 0 Å². The third-order valence-corrected chi connectivity index (χ3v) is 4.11. The van der Waals surface area contributed by atoms with Gasteiger partial charge in [-0.3, -0.25) is 4.79 Å². The zero-order chi connectivity index (χ0) is 15.2. The minimum absolute atomic E-state index is 0.0846. The third kappa shape index (κ3) is 4.38. The van der Waals surface area contributed by atoms with Crippen LogP contribution < -0.4 is 14.8 Å². The van der Waals surface area contributed by atoms with Crippen LogP contribution in [0, 0.1) is 5.92 Å². The van der Waals surface area contributed by atoms with Crippen molar-refractivity contribution in [3.8, 4) is 11.5 Å². The van der Waals surface area contributed by atoms with E-state index in [1.807, 2.05) is 18.2 Å². The second-order valence-corrected chi connectivity index (χ2v) is 5.90. The van der Waals surface area contributed by atoms with Crippen molar-refractivity contribution in [2.75, 3.05) is 14.2 Å². The van der Waals surface area contributed by atoms with Gasteiger partial charge >= 0.3 is 0 Å². The van der Waals surface area contributed by atoms with Crippen molar-refractivity contribution in [3.05, 3.63) is 23.8 Å². The highest BCUT2D eigenvalue weighted by molar-refractivity contribution is 5.79. The molecule has 4 nitrogen and oxygen atoms in total. The van der Waals surface area contributed by atoms with Gasteiger partial charge in [0.05, 0.1) is 20.6 Å². The number of carbonyl (C=O) groups excluding carboxylic acids is 1. The smallest absolute Gasteiger partial charge is 0.224 e. The molecular weight excluding hydrogens is 266 g/mol. The molecule has 2 atom stereocenters. The Bertz CT molecular complexity index is 487. The molecular formula is C17H25NO3. The summed E-state index contributed by atoms with van der Waals surface area (Å²) in [6.07, 6.45) is 5.06. The Morgan fingerprint density at radius 3 is 2.67 bits per heavy atom. The van der Waals surface area contributed by atoms with E-state index in [0.29, 0.717) is 29.9 Å². The minimum Gasteiger partial charge on any atom is -0.493 e. The van der Waals surface area contributed by atoms with E-state index in [1.54, 1.807) is 14.2 Å². The molecule has 4 heteroatoms. The molecule has 21 heavy (non-hydrogen) atoms. The number of amides is 1. The molecule has 0 spiro atoms. The number of rotatable bonds is 5. The maximum absolute atomic E-state index is 12.2. The molecule has 1 fully saturated rings. The zero-order valence-corrected chi connectivity index (χ0v) is 13.1. The molecule has 1 aliphatic rings. The molecule has 0 bridgehead atoms. The van der Waals surface area contributed by atoms with Crippen LogP contribution in [-0.4, -0.2) is 26.2 Å². The van der Waals surface area contributed by atoms with Crippen molar-refractivity contribution in [2.24, 2.45) is 5.92 Å². The molecule has 2 unspecified atom stereocenters. The van der Waals surface area contributed by atoms with E-state index in [4.69, 9.17) is 9.47 Å². The lowest BCUT2D eigenvalue weighted by atomic mass is 9.87. The molecule has 1 N–H and O–H groups in total. The van der Waals surface area contributed by atoms with Crippen LogP contribution in [0.25, 0.3) is 0 Å². The molecule has 116 valence electrons. The van der Waals surface area contributed by atoms with Gasteiger partial charge in [0.2, 0.25) is 5.91 Å². The number of benzene rings is 1. The van der Waals surface area contributed by atoms with Crippen molar-refractivity contribution < 1.29 is 14.3 Å². The Morgan fingerprint density at radius 2 is 2.00 bits per heavy atom. The maximum atomic E-state index is 12.2. The predicted octanol–water partition coefficient (Wildman–Crippen LogP) is 2.94. The summed E-state index contributed by atoms with van der Waals surface area (Å²) in [5.41, 5.74) is 0.939. The predicted molar refractivity (Wildman–Crippen MR) is 82.8 cm³/mol. The van der Waals surface area contributed by atoms with Crippen molar-refractivity contribution in [2.45, 2.75) is 45.1 Å². The number of hydrogen-bond donors (Lipinski definition) is 1. The fourth-order valence-electron chi connectivity index (χ4n) is 3.02. The van der Waals surface area contributed by atoms with Crippen LogP contribution in [0.4, 0.5) is 0 Å². The Balaban J connectivity index is 1.93. The van der Waals surface area contributed by atoms with Crippen LogP contribution in [0.5, 0.6) is 11.5 Å². The lowest BCUT2D eigenvalue weighted by molar-refractivity contribution is -0.121. The number of methoxy groups -OCH3 is 2. The van der Waals surface area contributed by atoms with E-state index in [-0.39, 0.29) is 5.91 Å². The first-order chi connectivity index (χ1) is 10.1. The Hall–Kier alpha value is -1.71. The highest BCUT2D eigenvalue weighted by Crippen LogP contribution is 2.28. The van der Waals surface area contributed by atoms with Crippen molar-refractivity contribution >= 4 is 5.91 Å². The summed E-state index contributed by atoms with van der Waals surface area (Å²) < 4.78 is 10.5. The van der Waals surface area contributed by atoms with Gasteiger partial charge in [0, 0.05) is 6.04 Å². The lowest BCUT2D eigenvalue weighted by Gasteiger charge is -2.27. The maximum Gasteiger partial charge on any atom is 0.224 e. The zero-order valence-electron chi connectivity index (χ0n) is 13.1. The first kappa shape index (κ1) is 15.7. The largest absolute Gasteiger partial charge is 0.493 e. The number of ether oxygens (including phenoxy) is 2. The summed E-state index contributed by atoms with van der Waals surface area (Å²) >= 11 is 0. The van der Waals surface area contributed by atoms with E-state index in [0.717, 1.165) is 18.4 Å². The molecule has 0 radical (unpaired) electrons. The number of carbonyl (C=O) groups is 1. The van der Waals surface area contributed by atoms with E-state index in [1.165, 1.54) is 12.8 Å². The summed E-state index contributed by atoms with van der Waals surface area (Å²) in [5, 5.41) is 3.15. The van der Waals surface area contributed by atoms with Crippen LogP contribution >= 0.6 is 0 Å². The molecule has 0 heterocycles. The van der Waals surface area contributed by atoms with Gasteiger partial charge in [0.15, 0.2) is 11.5 Å². The third-order valence-electron chi connectivity index (χ3n) is 4.11. The summed E-state index contributed by atoms with van der Waals surface area (Å²) in [5.74, 6) is 2.14. The fourth-order valence-corrected chi connectivity index (χ4v) is 3.02. The molecule has 1 aromatic carbocycles. The second-order valence-electron chi connectivity index (χ2n) is 5.90. The van der Waals surface area contributed by atoms with Crippen LogP contribution in [0.3, 0.4) is 0 Å². The van der Waals surface area contributed by atoms with Crippen LogP contribution in [0.2, 0.25) is 0 Å². The molecule has 0 aromatic heterocycles. The highest BCUT2D eigenvalue weighted by Gasteiger charge is 2.20.